The van der Waals surface area contributed by atoms with Gasteiger partial charge in [-0.3, -0.25) is 9.36 Å². The molecule has 3 heterocycles. The van der Waals surface area contributed by atoms with Crippen molar-refractivity contribution in [3.8, 4) is 0 Å². The molecule has 1 aliphatic rings. The Morgan fingerprint density at radius 2 is 1.96 bits per heavy atom. The zero-order valence-corrected chi connectivity index (χ0v) is 13.2. The third kappa shape index (κ3) is 2.33. The zero-order chi connectivity index (χ0) is 16.7. The van der Waals surface area contributed by atoms with Crippen molar-refractivity contribution in [2.75, 3.05) is 11.4 Å². The summed E-state index contributed by atoms with van der Waals surface area (Å²) in [6, 6.07) is 7.23. The Kier molecular flexibility index (Phi) is 3.48. The van der Waals surface area contributed by atoms with Crippen LogP contribution < -0.4 is 10.5 Å². The first-order valence-electron chi connectivity index (χ1n) is 7.85. The minimum Gasteiger partial charge on any atom is -0.331 e. The number of halogens is 1. The van der Waals surface area contributed by atoms with Gasteiger partial charge in [0.1, 0.15) is 5.82 Å². The van der Waals surface area contributed by atoms with Gasteiger partial charge in [0.05, 0.1) is 29.3 Å². The lowest BCUT2D eigenvalue weighted by Crippen LogP contribution is -2.31. The summed E-state index contributed by atoms with van der Waals surface area (Å²) < 4.78 is 14.7. The van der Waals surface area contributed by atoms with E-state index in [2.05, 4.69) is 9.97 Å². The summed E-state index contributed by atoms with van der Waals surface area (Å²) in [5.41, 5.74) is 0.616. The van der Waals surface area contributed by atoms with Gasteiger partial charge >= 0.3 is 0 Å². The van der Waals surface area contributed by atoms with Gasteiger partial charge < -0.3 is 4.90 Å². The first kappa shape index (κ1) is 14.7. The number of fused-ring (bicyclic) bond motifs is 1. The predicted molar refractivity (Wildman–Crippen MR) is 88.3 cm³/mol. The maximum atomic E-state index is 13.1. The van der Waals surface area contributed by atoms with Crippen LogP contribution in [-0.4, -0.2) is 26.1 Å². The molecule has 0 spiro atoms. The van der Waals surface area contributed by atoms with Crippen LogP contribution in [0.25, 0.3) is 10.9 Å². The zero-order valence-electron chi connectivity index (χ0n) is 13.2. The largest absolute Gasteiger partial charge is 0.331 e. The Morgan fingerprint density at radius 1 is 1.21 bits per heavy atom. The lowest BCUT2D eigenvalue weighted by molar-refractivity contribution is 0.591. The third-order valence-corrected chi connectivity index (χ3v) is 4.43. The summed E-state index contributed by atoms with van der Waals surface area (Å²) in [4.78, 5) is 27.5. The Hall–Kier alpha value is -2.83. The van der Waals surface area contributed by atoms with Gasteiger partial charge in [-0.15, -0.1) is 0 Å². The van der Waals surface area contributed by atoms with E-state index in [-0.39, 0.29) is 11.6 Å². The summed E-state index contributed by atoms with van der Waals surface area (Å²) in [5, 5.41) is 0.603. The number of nitrogens with zero attached hydrogens (tertiary/aromatic N) is 5. The molecule has 4 rings (SSSR count). The molecular formula is C17H16FN5O. The predicted octanol–water partition coefficient (Wildman–Crippen LogP) is 2.20. The fourth-order valence-corrected chi connectivity index (χ4v) is 3.26. The van der Waals surface area contributed by atoms with Crippen molar-refractivity contribution in [2.24, 2.45) is 7.05 Å². The van der Waals surface area contributed by atoms with E-state index in [1.54, 1.807) is 17.7 Å². The summed E-state index contributed by atoms with van der Waals surface area (Å²) in [7, 11) is 1.74. The molecule has 0 saturated carbocycles. The fraction of sp³-hybridized carbons (Fsp3) is 0.294. The summed E-state index contributed by atoms with van der Waals surface area (Å²) >= 11 is 0. The lowest BCUT2D eigenvalue weighted by atomic mass is 10.1. The number of benzene rings is 1. The Balaban J connectivity index is 1.82. The van der Waals surface area contributed by atoms with Crippen molar-refractivity contribution < 1.29 is 4.39 Å². The van der Waals surface area contributed by atoms with E-state index in [0.717, 1.165) is 31.8 Å². The highest BCUT2D eigenvalue weighted by Crippen LogP contribution is 2.33. The molecule has 0 N–H and O–H groups in total. The molecule has 1 saturated heterocycles. The topological polar surface area (TPSA) is 63.9 Å². The molecule has 1 fully saturated rings. The van der Waals surface area contributed by atoms with Gasteiger partial charge in [0, 0.05) is 13.6 Å². The van der Waals surface area contributed by atoms with E-state index in [1.807, 2.05) is 23.1 Å². The van der Waals surface area contributed by atoms with E-state index in [4.69, 9.17) is 4.98 Å². The van der Waals surface area contributed by atoms with Crippen LogP contribution in [-0.2, 0) is 7.05 Å². The van der Waals surface area contributed by atoms with E-state index in [9.17, 15) is 9.18 Å². The molecule has 6 nitrogen and oxygen atoms in total. The first-order valence-corrected chi connectivity index (χ1v) is 7.85. The second-order valence-corrected chi connectivity index (χ2v) is 5.90. The molecule has 0 amide bonds. The highest BCUT2D eigenvalue weighted by molar-refractivity contribution is 5.77. The highest BCUT2D eigenvalue weighted by atomic mass is 19.1. The molecule has 3 aromatic rings. The Labute approximate surface area is 137 Å². The highest BCUT2D eigenvalue weighted by Gasteiger charge is 2.31. The van der Waals surface area contributed by atoms with Crippen molar-refractivity contribution in [1.82, 2.24) is 19.5 Å². The molecule has 0 aliphatic carbocycles. The van der Waals surface area contributed by atoms with E-state index < -0.39 is 5.82 Å². The van der Waals surface area contributed by atoms with Gasteiger partial charge in [-0.1, -0.05) is 12.1 Å². The number of hydrogen-bond acceptors (Lipinski definition) is 5. The van der Waals surface area contributed by atoms with Gasteiger partial charge in [0.15, 0.2) is 5.82 Å². The summed E-state index contributed by atoms with van der Waals surface area (Å²) in [6.07, 6.45) is 4.10. The van der Waals surface area contributed by atoms with Crippen molar-refractivity contribution in [2.45, 2.75) is 18.9 Å². The molecule has 2 aromatic heterocycles. The molecule has 0 bridgehead atoms. The SMILES string of the molecule is Cn1c(C2CCCN2c2ncc(F)cn2)nc2ccccc2c1=O. The molecule has 0 radical (unpaired) electrons. The Morgan fingerprint density at radius 3 is 2.75 bits per heavy atom. The maximum Gasteiger partial charge on any atom is 0.261 e. The molecule has 1 aliphatic heterocycles. The van der Waals surface area contributed by atoms with Crippen LogP contribution in [0.1, 0.15) is 24.7 Å². The molecule has 122 valence electrons. The van der Waals surface area contributed by atoms with E-state index >= 15 is 0 Å². The van der Waals surface area contributed by atoms with Crippen LogP contribution in [0.2, 0.25) is 0 Å². The molecule has 1 unspecified atom stereocenters. The summed E-state index contributed by atoms with van der Waals surface area (Å²) in [5.74, 6) is 0.677. The first-order chi connectivity index (χ1) is 11.6. The molecule has 1 atom stereocenters. The van der Waals surface area contributed by atoms with Crippen LogP contribution in [0.5, 0.6) is 0 Å². The molecule has 24 heavy (non-hydrogen) atoms. The van der Waals surface area contributed by atoms with Gasteiger partial charge in [0.2, 0.25) is 5.95 Å². The number of aromatic nitrogens is 4. The number of anilines is 1. The molecular weight excluding hydrogens is 309 g/mol. The summed E-state index contributed by atoms with van der Waals surface area (Å²) in [6.45, 7) is 0.749. The molecule has 1 aromatic carbocycles. The van der Waals surface area contributed by atoms with Crippen molar-refractivity contribution in [3.05, 3.63) is 58.7 Å². The fourth-order valence-electron chi connectivity index (χ4n) is 3.26. The second-order valence-electron chi connectivity index (χ2n) is 5.90. The van der Waals surface area contributed by atoms with Gasteiger partial charge in [0.25, 0.3) is 5.56 Å². The third-order valence-electron chi connectivity index (χ3n) is 4.43. The quantitative estimate of drug-likeness (QED) is 0.723. The second kappa shape index (κ2) is 5.67. The van der Waals surface area contributed by atoms with Crippen LogP contribution in [0.3, 0.4) is 0 Å². The van der Waals surface area contributed by atoms with E-state index in [0.29, 0.717) is 22.7 Å². The number of rotatable bonds is 2. The lowest BCUT2D eigenvalue weighted by Gasteiger charge is -2.25. The number of para-hydroxylation sites is 1. The average molecular weight is 325 g/mol. The van der Waals surface area contributed by atoms with Gasteiger partial charge in [-0.05, 0) is 25.0 Å². The van der Waals surface area contributed by atoms with Crippen LogP contribution in [0.4, 0.5) is 10.3 Å². The van der Waals surface area contributed by atoms with Crippen molar-refractivity contribution >= 4 is 16.9 Å². The smallest absolute Gasteiger partial charge is 0.261 e. The molecule has 7 heteroatoms. The standard InChI is InChI=1S/C17H16FN5O/c1-22-15(21-13-6-3-2-5-12(13)16(22)24)14-7-4-8-23(14)17-19-9-11(18)10-20-17/h2-3,5-6,9-10,14H,4,7-8H2,1H3. The van der Waals surface area contributed by atoms with Crippen molar-refractivity contribution in [1.29, 1.82) is 0 Å². The minimum absolute atomic E-state index is 0.0672. The van der Waals surface area contributed by atoms with Crippen LogP contribution in [0.15, 0.2) is 41.5 Å². The van der Waals surface area contributed by atoms with Crippen LogP contribution >= 0.6 is 0 Å². The minimum atomic E-state index is -0.467. The van der Waals surface area contributed by atoms with Gasteiger partial charge in [-0.2, -0.15) is 0 Å². The van der Waals surface area contributed by atoms with Crippen molar-refractivity contribution in [3.63, 3.8) is 0 Å². The monoisotopic (exact) mass is 325 g/mol. The van der Waals surface area contributed by atoms with Crippen LogP contribution in [0, 0.1) is 5.82 Å². The van der Waals surface area contributed by atoms with Gasteiger partial charge in [-0.25, -0.2) is 19.3 Å². The van der Waals surface area contributed by atoms with E-state index in [1.165, 1.54) is 0 Å². The Bertz CT molecular complexity index is 953. The normalized spacial score (nSPS) is 17.6. The maximum absolute atomic E-state index is 13.1. The number of hydrogen-bond donors (Lipinski definition) is 0. The average Bonchev–Trinajstić information content (AvgIpc) is 3.08.